The molecule has 0 unspecified atom stereocenters. The Morgan fingerprint density at radius 1 is 0.864 bits per heavy atom. The van der Waals surface area contributed by atoms with E-state index in [-0.39, 0.29) is 54.1 Å². The molecule has 0 bridgehead atoms. The molecule has 4 aliphatic carbocycles. The molecule has 256 valence electrons. The number of ether oxygens (including phenoxy) is 4. The molecule has 10 nitrogen and oxygen atoms in total. The quantitative estimate of drug-likeness (QED) is 0.209. The van der Waals surface area contributed by atoms with Crippen molar-refractivity contribution in [3.63, 3.8) is 0 Å². The van der Waals surface area contributed by atoms with Crippen LogP contribution in [0.3, 0.4) is 0 Å². The first kappa shape index (κ1) is 34.9. The molecule has 6 N–H and O–H groups in total. The minimum atomic E-state index is -1.26. The van der Waals surface area contributed by atoms with Crippen LogP contribution in [-0.4, -0.2) is 112 Å². The molecule has 5 fully saturated rings. The van der Waals surface area contributed by atoms with Gasteiger partial charge in [0.05, 0.1) is 42.7 Å². The third-order valence-electron chi connectivity index (χ3n) is 13.4. The lowest BCUT2D eigenvalue weighted by molar-refractivity contribution is -0.321. The van der Waals surface area contributed by atoms with Gasteiger partial charge in [-0.05, 0) is 79.4 Å². The van der Waals surface area contributed by atoms with Crippen molar-refractivity contribution in [2.75, 3.05) is 20.8 Å². The molecule has 1 saturated heterocycles. The van der Waals surface area contributed by atoms with Gasteiger partial charge in [-0.1, -0.05) is 34.6 Å². The highest BCUT2D eigenvalue weighted by atomic mass is 16.7. The maximum absolute atomic E-state index is 12.7. The van der Waals surface area contributed by atoms with Crippen molar-refractivity contribution in [2.24, 2.45) is 46.3 Å². The van der Waals surface area contributed by atoms with Crippen LogP contribution < -0.4 is 0 Å². The molecule has 0 aromatic carbocycles. The molecule has 0 spiro atoms. The van der Waals surface area contributed by atoms with Gasteiger partial charge >= 0.3 is 0 Å². The second-order valence-corrected chi connectivity index (χ2v) is 16.0. The highest BCUT2D eigenvalue weighted by molar-refractivity contribution is 5.21. The molecular formula is C34H60O10. The lowest BCUT2D eigenvalue weighted by Gasteiger charge is -2.66. The number of hydrogen-bond acceptors (Lipinski definition) is 10. The Balaban J connectivity index is 1.34. The van der Waals surface area contributed by atoms with Gasteiger partial charge in [-0.3, -0.25) is 0 Å². The number of aliphatic hydroxyl groups excluding tert-OH is 5. The minimum Gasteiger partial charge on any atom is -0.393 e. The average Bonchev–Trinajstić information content (AvgIpc) is 3.24. The second-order valence-electron chi connectivity index (χ2n) is 16.0. The molecule has 0 aromatic heterocycles. The zero-order valence-corrected chi connectivity index (χ0v) is 27.8. The van der Waals surface area contributed by atoms with E-state index in [2.05, 4.69) is 20.8 Å². The molecule has 5 rings (SSSR count). The molecule has 1 aliphatic heterocycles. The van der Waals surface area contributed by atoms with E-state index in [0.29, 0.717) is 19.3 Å². The smallest absolute Gasteiger partial charge is 0.186 e. The Hall–Kier alpha value is -0.400. The van der Waals surface area contributed by atoms with Crippen LogP contribution >= 0.6 is 0 Å². The maximum atomic E-state index is 12.7. The zero-order chi connectivity index (χ0) is 32.4. The number of aliphatic hydroxyl groups is 6. The Labute approximate surface area is 263 Å². The van der Waals surface area contributed by atoms with Crippen LogP contribution in [-0.2, 0) is 18.9 Å². The number of methoxy groups -OCH3 is 2. The predicted molar refractivity (Wildman–Crippen MR) is 162 cm³/mol. The van der Waals surface area contributed by atoms with Gasteiger partial charge in [0.15, 0.2) is 6.29 Å². The monoisotopic (exact) mass is 628 g/mol. The summed E-state index contributed by atoms with van der Waals surface area (Å²) in [5.41, 5.74) is -2.10. The normalized spacial score (nSPS) is 52.2. The van der Waals surface area contributed by atoms with Crippen molar-refractivity contribution in [1.82, 2.24) is 0 Å². The summed E-state index contributed by atoms with van der Waals surface area (Å²) in [6, 6.07) is 0. The van der Waals surface area contributed by atoms with Crippen molar-refractivity contribution in [3.05, 3.63) is 0 Å². The van der Waals surface area contributed by atoms with E-state index >= 15 is 0 Å². The highest BCUT2D eigenvalue weighted by Crippen LogP contribution is 2.70. The second kappa shape index (κ2) is 12.9. The zero-order valence-electron chi connectivity index (χ0n) is 27.8. The summed E-state index contributed by atoms with van der Waals surface area (Å²) in [6.07, 6.45) is -1.57. The first-order chi connectivity index (χ1) is 20.6. The van der Waals surface area contributed by atoms with Gasteiger partial charge in [0.1, 0.15) is 18.3 Å². The molecule has 5 aliphatic rings. The van der Waals surface area contributed by atoms with Gasteiger partial charge in [0.2, 0.25) is 0 Å². The first-order valence-corrected chi connectivity index (χ1v) is 17.1. The molecule has 1 heterocycles. The van der Waals surface area contributed by atoms with E-state index in [1.807, 2.05) is 13.8 Å². The molecule has 4 saturated carbocycles. The number of rotatable bonds is 9. The van der Waals surface area contributed by atoms with Crippen LogP contribution in [0.1, 0.15) is 86.0 Å². The van der Waals surface area contributed by atoms with Crippen LogP contribution in [0, 0.1) is 46.3 Å². The van der Waals surface area contributed by atoms with Crippen LogP contribution in [0.15, 0.2) is 0 Å². The van der Waals surface area contributed by atoms with Crippen molar-refractivity contribution in [2.45, 2.75) is 147 Å². The van der Waals surface area contributed by atoms with Crippen LogP contribution in [0.25, 0.3) is 0 Å². The summed E-state index contributed by atoms with van der Waals surface area (Å²) < 4.78 is 23.1. The molecule has 0 radical (unpaired) electrons. The Morgan fingerprint density at radius 2 is 1.52 bits per heavy atom. The van der Waals surface area contributed by atoms with E-state index in [1.165, 1.54) is 14.2 Å². The largest absolute Gasteiger partial charge is 0.393 e. The minimum absolute atomic E-state index is 0.0190. The van der Waals surface area contributed by atoms with Crippen molar-refractivity contribution in [1.29, 1.82) is 0 Å². The molecule has 0 aromatic rings. The molecule has 0 amide bonds. The SMILES string of the molecule is CO[C@@H]1[C@@H](OC)[C@H](O[C@H]2CC[C@@]3(C)[C@H]([C@H]2O)[C@H](O)C[C@]2(O)[C@@H]3CC[C@]3(C)[C@@H]([C@H](C)CC[C@H](O)C(C)C)C[C@H](O)[C@H]32)OC[C@H]1O. The molecule has 44 heavy (non-hydrogen) atoms. The average molecular weight is 629 g/mol. The number of hydrogen-bond donors (Lipinski definition) is 6. The Bertz CT molecular complexity index is 982. The fraction of sp³-hybridized carbons (Fsp3) is 1.00. The standard InChI is InChI=1S/C34H60O10/c1-17(2)20(35)9-8-18(3)19-14-21(36)30-32(19,4)13-11-25-33(5)12-10-24(27(39)26(33)22(37)15-34(25,30)40)44-31-29(42-7)28(41-6)23(38)16-43-31/h17-31,35-40H,8-16H2,1-7H3/t18-,19-,20+,21+,22-,23-,24+,25-,26+,27+,28+,29-,30-,31+,32-,33-,34+/m1/s1. The fourth-order valence-electron chi connectivity index (χ4n) is 11.2. The summed E-state index contributed by atoms with van der Waals surface area (Å²) >= 11 is 0. The summed E-state index contributed by atoms with van der Waals surface area (Å²) in [4.78, 5) is 0. The van der Waals surface area contributed by atoms with Crippen LogP contribution in [0.4, 0.5) is 0 Å². The van der Waals surface area contributed by atoms with E-state index < -0.39 is 66.0 Å². The van der Waals surface area contributed by atoms with Gasteiger partial charge in [-0.2, -0.15) is 0 Å². The molecule has 17 atom stereocenters. The van der Waals surface area contributed by atoms with Gasteiger partial charge in [-0.15, -0.1) is 0 Å². The van der Waals surface area contributed by atoms with Crippen molar-refractivity contribution in [3.8, 4) is 0 Å². The fourth-order valence-corrected chi connectivity index (χ4v) is 11.2. The van der Waals surface area contributed by atoms with E-state index in [0.717, 1.165) is 25.7 Å². The third kappa shape index (κ3) is 5.61. The van der Waals surface area contributed by atoms with Crippen LogP contribution in [0.2, 0.25) is 0 Å². The summed E-state index contributed by atoms with van der Waals surface area (Å²) in [5, 5.41) is 68.6. The summed E-state index contributed by atoms with van der Waals surface area (Å²) in [7, 11) is 3.00. The topological polar surface area (TPSA) is 158 Å². The Kier molecular flexibility index (Phi) is 10.2. The lowest BCUT2D eigenvalue weighted by atomic mass is 9.41. The van der Waals surface area contributed by atoms with Crippen LogP contribution in [0.5, 0.6) is 0 Å². The molecule has 10 heteroatoms. The lowest BCUT2D eigenvalue weighted by Crippen LogP contribution is -2.71. The van der Waals surface area contributed by atoms with Gasteiger partial charge in [0.25, 0.3) is 0 Å². The van der Waals surface area contributed by atoms with Crippen molar-refractivity contribution >= 4 is 0 Å². The van der Waals surface area contributed by atoms with Gasteiger partial charge in [-0.25, -0.2) is 0 Å². The summed E-state index contributed by atoms with van der Waals surface area (Å²) in [6.45, 7) is 10.6. The van der Waals surface area contributed by atoms with Gasteiger partial charge in [0, 0.05) is 32.5 Å². The number of fused-ring (bicyclic) bond motifs is 5. The third-order valence-corrected chi connectivity index (χ3v) is 13.4. The van der Waals surface area contributed by atoms with Gasteiger partial charge < -0.3 is 49.6 Å². The highest BCUT2D eigenvalue weighted by Gasteiger charge is 2.72. The van der Waals surface area contributed by atoms with E-state index in [4.69, 9.17) is 18.9 Å². The summed E-state index contributed by atoms with van der Waals surface area (Å²) in [5.74, 6) is -0.371. The predicted octanol–water partition coefficient (Wildman–Crippen LogP) is 2.24. The maximum Gasteiger partial charge on any atom is 0.186 e. The first-order valence-electron chi connectivity index (χ1n) is 17.1. The van der Waals surface area contributed by atoms with E-state index in [9.17, 15) is 30.6 Å². The van der Waals surface area contributed by atoms with E-state index in [1.54, 1.807) is 0 Å². The Morgan fingerprint density at radius 3 is 2.16 bits per heavy atom. The van der Waals surface area contributed by atoms with Crippen molar-refractivity contribution < 1.29 is 49.6 Å². The molecular weight excluding hydrogens is 568 g/mol.